The minimum absolute atomic E-state index is 0.163. The summed E-state index contributed by atoms with van der Waals surface area (Å²) in [5, 5.41) is 2.85. The fourth-order valence-corrected chi connectivity index (χ4v) is 3.54. The molecule has 2 amide bonds. The van der Waals surface area contributed by atoms with Gasteiger partial charge in [-0.15, -0.1) is 0 Å². The lowest BCUT2D eigenvalue weighted by molar-refractivity contribution is -0.155. The Morgan fingerprint density at radius 3 is 2.48 bits per heavy atom. The third-order valence-corrected chi connectivity index (χ3v) is 5.34. The van der Waals surface area contributed by atoms with Gasteiger partial charge in [0.1, 0.15) is 11.6 Å². The lowest BCUT2D eigenvalue weighted by atomic mass is 10.1. The van der Waals surface area contributed by atoms with Gasteiger partial charge >= 0.3 is 5.97 Å². The van der Waals surface area contributed by atoms with Crippen molar-refractivity contribution in [3.63, 3.8) is 0 Å². The van der Waals surface area contributed by atoms with Gasteiger partial charge in [0, 0.05) is 24.5 Å². The van der Waals surface area contributed by atoms with E-state index in [2.05, 4.69) is 21.2 Å². The van der Waals surface area contributed by atoms with Crippen LogP contribution in [0.15, 0.2) is 28.7 Å². The molecule has 0 aliphatic heterocycles. The second kappa shape index (κ2) is 12.2. The number of amides is 2. The molecule has 0 spiro atoms. The Labute approximate surface area is 186 Å². The van der Waals surface area contributed by atoms with Crippen LogP contribution in [-0.2, 0) is 14.3 Å². The van der Waals surface area contributed by atoms with Gasteiger partial charge in [0.05, 0.1) is 5.56 Å². The van der Waals surface area contributed by atoms with Crippen LogP contribution < -0.4 is 5.32 Å². The minimum atomic E-state index is -0.617. The van der Waals surface area contributed by atoms with Gasteiger partial charge < -0.3 is 15.0 Å². The van der Waals surface area contributed by atoms with Gasteiger partial charge in [0.15, 0.2) is 0 Å². The van der Waals surface area contributed by atoms with E-state index in [1.54, 1.807) is 41.9 Å². The first-order valence-corrected chi connectivity index (χ1v) is 11.7. The molecule has 1 N–H and O–H groups in total. The summed E-state index contributed by atoms with van der Waals surface area (Å²) in [6, 6.07) is 6.49. The van der Waals surface area contributed by atoms with Crippen molar-refractivity contribution in [2.24, 2.45) is 0 Å². The van der Waals surface area contributed by atoms with Crippen molar-refractivity contribution in [3.8, 4) is 0 Å². The van der Waals surface area contributed by atoms with Gasteiger partial charge in [-0.05, 0) is 73.7 Å². The molecule has 6 nitrogen and oxygen atoms in total. The number of halogens is 1. The summed E-state index contributed by atoms with van der Waals surface area (Å²) >= 11 is 4.99. The number of rotatable bonds is 10. The van der Waals surface area contributed by atoms with Gasteiger partial charge in [-0.2, -0.15) is 11.8 Å². The molecule has 1 aromatic carbocycles. The molecule has 8 heteroatoms. The summed E-state index contributed by atoms with van der Waals surface area (Å²) in [6.45, 7) is 5.89. The number of likely N-dealkylation sites (N-methyl/N-ethyl adjacent to an activating group) is 1. The average Bonchev–Trinajstić information content (AvgIpc) is 2.63. The Kier molecular flexibility index (Phi) is 10.7. The van der Waals surface area contributed by atoms with Crippen molar-refractivity contribution < 1.29 is 19.1 Å². The Hall–Kier alpha value is -1.54. The van der Waals surface area contributed by atoms with Crippen LogP contribution in [0.2, 0.25) is 0 Å². The zero-order valence-electron chi connectivity index (χ0n) is 17.8. The van der Waals surface area contributed by atoms with Crippen molar-refractivity contribution in [2.45, 2.75) is 51.7 Å². The Morgan fingerprint density at radius 2 is 1.90 bits per heavy atom. The molecular formula is C21H31BrN2O4S. The van der Waals surface area contributed by atoms with Crippen molar-refractivity contribution in [1.29, 1.82) is 0 Å². The molecule has 0 fully saturated rings. The fraction of sp³-hybridized carbons (Fsp3) is 0.571. The van der Waals surface area contributed by atoms with Crippen molar-refractivity contribution in [1.82, 2.24) is 10.2 Å². The smallest absolute Gasteiger partial charge is 0.306 e. The van der Waals surface area contributed by atoms with Crippen LogP contribution in [-0.4, -0.2) is 59.9 Å². The highest BCUT2D eigenvalue weighted by atomic mass is 79.9. The molecule has 1 unspecified atom stereocenters. The molecule has 0 aromatic heterocycles. The number of carbonyl (C=O) groups is 3. The third kappa shape index (κ3) is 9.67. The van der Waals surface area contributed by atoms with Crippen molar-refractivity contribution in [2.75, 3.05) is 25.6 Å². The third-order valence-electron chi connectivity index (χ3n) is 4.00. The number of nitrogens with zero attached hydrogens (tertiary/aromatic N) is 1. The van der Waals surface area contributed by atoms with Gasteiger partial charge in [0.2, 0.25) is 5.91 Å². The predicted molar refractivity (Wildman–Crippen MR) is 121 cm³/mol. The molecule has 0 saturated carbocycles. The first-order chi connectivity index (χ1) is 13.5. The van der Waals surface area contributed by atoms with E-state index in [0.717, 1.165) is 5.75 Å². The van der Waals surface area contributed by atoms with Crippen LogP contribution in [0, 0.1) is 0 Å². The fourth-order valence-electron chi connectivity index (χ4n) is 2.60. The van der Waals surface area contributed by atoms with Crippen LogP contribution in [0.1, 0.15) is 50.4 Å². The standard InChI is InChI=1S/C21H31BrN2O4S/c1-21(2,3)28-18(25)11-8-13-24(4)20(27)17(12-14-29-5)23-19(26)15-9-6-7-10-16(15)22/h6-7,9-10,17H,8,11-14H2,1-5H3,(H,23,26). The Balaban J connectivity index is 2.66. The van der Waals surface area contributed by atoms with E-state index in [4.69, 9.17) is 4.74 Å². The summed E-state index contributed by atoms with van der Waals surface area (Å²) in [5.74, 6) is 0.0144. The summed E-state index contributed by atoms with van der Waals surface area (Å²) in [7, 11) is 1.69. The second-order valence-corrected chi connectivity index (χ2v) is 9.58. The molecule has 0 saturated heterocycles. The molecule has 1 aromatic rings. The molecule has 1 atom stereocenters. The average molecular weight is 487 g/mol. The van der Waals surface area contributed by atoms with E-state index in [-0.39, 0.29) is 24.2 Å². The van der Waals surface area contributed by atoms with E-state index in [9.17, 15) is 14.4 Å². The molecule has 0 radical (unpaired) electrons. The molecule has 29 heavy (non-hydrogen) atoms. The molecule has 0 heterocycles. The van der Waals surface area contributed by atoms with E-state index < -0.39 is 11.6 Å². The first kappa shape index (κ1) is 25.5. The number of carbonyl (C=O) groups excluding carboxylic acids is 3. The summed E-state index contributed by atoms with van der Waals surface area (Å²) in [4.78, 5) is 38.9. The van der Waals surface area contributed by atoms with E-state index in [1.807, 2.05) is 33.1 Å². The number of esters is 1. The summed E-state index contributed by atoms with van der Waals surface area (Å²) in [6.07, 6.45) is 3.24. The number of hydrogen-bond donors (Lipinski definition) is 1. The molecule has 162 valence electrons. The van der Waals surface area contributed by atoms with Crippen LogP contribution in [0.3, 0.4) is 0 Å². The molecule has 0 bridgehead atoms. The second-order valence-electron chi connectivity index (χ2n) is 7.74. The maximum Gasteiger partial charge on any atom is 0.306 e. The maximum absolute atomic E-state index is 12.9. The largest absolute Gasteiger partial charge is 0.460 e. The highest BCUT2D eigenvalue weighted by molar-refractivity contribution is 9.10. The highest BCUT2D eigenvalue weighted by Crippen LogP contribution is 2.16. The quantitative estimate of drug-likeness (QED) is 0.507. The molecule has 0 aliphatic rings. The van der Waals surface area contributed by atoms with Crippen molar-refractivity contribution >= 4 is 45.5 Å². The number of nitrogens with one attached hydrogen (secondary N) is 1. The molecular weight excluding hydrogens is 456 g/mol. The molecule has 0 aliphatic carbocycles. The number of ether oxygens (including phenoxy) is 1. The van der Waals surface area contributed by atoms with E-state index in [0.29, 0.717) is 29.4 Å². The number of thioether (sulfide) groups is 1. The van der Waals surface area contributed by atoms with Crippen LogP contribution >= 0.6 is 27.7 Å². The SMILES string of the molecule is CSCCC(NC(=O)c1ccccc1Br)C(=O)N(C)CCCC(=O)OC(C)(C)C. The van der Waals surface area contributed by atoms with E-state index >= 15 is 0 Å². The van der Waals surface area contributed by atoms with Crippen LogP contribution in [0.5, 0.6) is 0 Å². The summed E-state index contributed by atoms with van der Waals surface area (Å²) in [5.41, 5.74) is -0.0282. The van der Waals surface area contributed by atoms with E-state index in [1.165, 1.54) is 0 Å². The minimum Gasteiger partial charge on any atom is -0.460 e. The topological polar surface area (TPSA) is 75.7 Å². The van der Waals surface area contributed by atoms with Crippen LogP contribution in [0.4, 0.5) is 0 Å². The highest BCUT2D eigenvalue weighted by Gasteiger charge is 2.25. The van der Waals surface area contributed by atoms with Gasteiger partial charge in [-0.25, -0.2) is 0 Å². The Bertz CT molecular complexity index is 706. The van der Waals surface area contributed by atoms with Gasteiger partial charge in [0.25, 0.3) is 5.91 Å². The van der Waals surface area contributed by atoms with Gasteiger partial charge in [-0.1, -0.05) is 12.1 Å². The number of benzene rings is 1. The normalized spacial score (nSPS) is 12.2. The maximum atomic E-state index is 12.9. The lowest BCUT2D eigenvalue weighted by Gasteiger charge is -2.25. The monoisotopic (exact) mass is 486 g/mol. The molecule has 1 rings (SSSR count). The zero-order chi connectivity index (χ0) is 22.0. The Morgan fingerprint density at radius 1 is 1.24 bits per heavy atom. The summed E-state index contributed by atoms with van der Waals surface area (Å²) < 4.78 is 5.97. The van der Waals surface area contributed by atoms with Crippen molar-refractivity contribution in [3.05, 3.63) is 34.3 Å². The van der Waals surface area contributed by atoms with Gasteiger partial charge in [-0.3, -0.25) is 14.4 Å². The first-order valence-electron chi connectivity index (χ1n) is 9.56. The number of hydrogen-bond acceptors (Lipinski definition) is 5. The predicted octanol–water partition coefficient (Wildman–Crippen LogP) is 3.88. The van der Waals surface area contributed by atoms with Crippen LogP contribution in [0.25, 0.3) is 0 Å². The lowest BCUT2D eigenvalue weighted by Crippen LogP contribution is -2.48. The zero-order valence-corrected chi connectivity index (χ0v) is 20.2.